The van der Waals surface area contributed by atoms with E-state index in [-0.39, 0.29) is 0 Å². The van der Waals surface area contributed by atoms with Crippen LogP contribution in [0.1, 0.15) is 30.2 Å². The molecule has 0 aromatic carbocycles. The van der Waals surface area contributed by atoms with Gasteiger partial charge in [0, 0.05) is 5.92 Å². The Bertz CT molecular complexity index is 252. The van der Waals surface area contributed by atoms with Crippen LogP contribution >= 0.6 is 0 Å². The van der Waals surface area contributed by atoms with E-state index < -0.39 is 0 Å². The van der Waals surface area contributed by atoms with Crippen molar-refractivity contribution in [3.05, 3.63) is 11.5 Å². The zero-order chi connectivity index (χ0) is 7.14. The predicted octanol–water partition coefficient (Wildman–Crippen LogP) is 0.119. The third-order valence-corrected chi connectivity index (χ3v) is 2.14. The highest BCUT2D eigenvalue weighted by Crippen LogP contribution is 2.38. The minimum Gasteiger partial charge on any atom is -0.361 e. The van der Waals surface area contributed by atoms with Crippen molar-refractivity contribution in [1.82, 2.24) is 5.16 Å². The Morgan fingerprint density at radius 2 is 2.30 bits per heavy atom. The molecule has 1 aromatic heterocycles. The second-order valence-corrected chi connectivity index (χ2v) is 3.03. The monoisotopic (exact) mass is 135 g/mol. The van der Waals surface area contributed by atoms with Crippen molar-refractivity contribution in [2.24, 2.45) is 0 Å². The Balaban J connectivity index is 2.40. The van der Waals surface area contributed by atoms with Crippen LogP contribution in [0, 0.1) is 6.92 Å². The molecule has 1 aromatic rings. The first-order valence-corrected chi connectivity index (χ1v) is 3.72. The summed E-state index contributed by atoms with van der Waals surface area (Å²) in [6, 6.07) is 0. The molecule has 1 aliphatic carbocycles. The summed E-state index contributed by atoms with van der Waals surface area (Å²) >= 11 is 0. The van der Waals surface area contributed by atoms with Gasteiger partial charge in [-0.15, -0.1) is 0 Å². The van der Waals surface area contributed by atoms with Crippen molar-refractivity contribution in [3.63, 3.8) is 0 Å². The van der Waals surface area contributed by atoms with Gasteiger partial charge in [-0.1, -0.05) is 5.16 Å². The largest absolute Gasteiger partial charge is 0.361 e. The van der Waals surface area contributed by atoms with Crippen molar-refractivity contribution < 1.29 is 4.52 Å². The van der Waals surface area contributed by atoms with Crippen molar-refractivity contribution in [1.29, 1.82) is 0 Å². The average Bonchev–Trinajstić information content (AvgIpc) is 2.67. The number of hydrogen-bond donors (Lipinski definition) is 0. The van der Waals surface area contributed by atoms with Gasteiger partial charge in [0.2, 0.25) is 0 Å². The van der Waals surface area contributed by atoms with Crippen molar-refractivity contribution >= 4 is 13.3 Å². The molecule has 0 saturated heterocycles. The van der Waals surface area contributed by atoms with Crippen LogP contribution in [-0.4, -0.2) is 13.0 Å². The molecule has 0 radical (unpaired) electrons. The van der Waals surface area contributed by atoms with Crippen LogP contribution in [0.15, 0.2) is 4.52 Å². The first-order valence-electron chi connectivity index (χ1n) is 3.72. The third-order valence-electron chi connectivity index (χ3n) is 2.14. The summed E-state index contributed by atoms with van der Waals surface area (Å²) in [6.07, 6.45) is 2.57. The average molecular weight is 135 g/mol. The van der Waals surface area contributed by atoms with Crippen LogP contribution in [0.4, 0.5) is 0 Å². The molecule has 1 aliphatic rings. The third kappa shape index (κ3) is 0.771. The van der Waals surface area contributed by atoms with Crippen molar-refractivity contribution in [2.45, 2.75) is 25.7 Å². The Morgan fingerprint density at radius 3 is 2.70 bits per heavy atom. The molecule has 0 N–H and O–H groups in total. The highest BCUT2D eigenvalue weighted by molar-refractivity contribution is 6.33. The van der Waals surface area contributed by atoms with Crippen LogP contribution in [0.25, 0.3) is 0 Å². The number of aryl methyl sites for hydroxylation is 1. The van der Waals surface area contributed by atoms with E-state index >= 15 is 0 Å². The zero-order valence-corrected chi connectivity index (χ0v) is 6.35. The molecular formula is C7H10BNO. The molecule has 1 heterocycles. The van der Waals surface area contributed by atoms with Gasteiger partial charge in [-0.05, 0) is 25.2 Å². The molecule has 0 aliphatic heterocycles. The fourth-order valence-corrected chi connectivity index (χ4v) is 1.16. The van der Waals surface area contributed by atoms with E-state index in [1.165, 1.54) is 18.3 Å². The first-order chi connectivity index (χ1) is 4.79. The summed E-state index contributed by atoms with van der Waals surface area (Å²) in [7, 11) is 2.08. The van der Waals surface area contributed by atoms with Gasteiger partial charge < -0.3 is 4.52 Å². The quantitative estimate of drug-likeness (QED) is 0.511. The summed E-state index contributed by atoms with van der Waals surface area (Å²) in [4.78, 5) is 0. The first kappa shape index (κ1) is 6.02. The summed E-state index contributed by atoms with van der Waals surface area (Å²) in [5, 5.41) is 3.90. The summed E-state index contributed by atoms with van der Waals surface area (Å²) in [6.45, 7) is 1.99. The number of aromatic nitrogens is 1. The smallest absolute Gasteiger partial charge is 0.146 e. The van der Waals surface area contributed by atoms with E-state index in [9.17, 15) is 0 Å². The van der Waals surface area contributed by atoms with E-state index in [0.717, 1.165) is 11.5 Å². The molecule has 0 bridgehead atoms. The molecule has 1 saturated carbocycles. The summed E-state index contributed by atoms with van der Waals surface area (Å²) in [5.41, 5.74) is 2.30. The lowest BCUT2D eigenvalue weighted by Crippen LogP contribution is -2.07. The molecule has 0 spiro atoms. The van der Waals surface area contributed by atoms with Gasteiger partial charge in [0.1, 0.15) is 13.6 Å². The SMILES string of the molecule is Bc1c(C)noc1C1CC1. The maximum absolute atomic E-state index is 5.17. The lowest BCUT2D eigenvalue weighted by atomic mass is 9.92. The fourth-order valence-electron chi connectivity index (χ4n) is 1.16. The number of nitrogens with zero attached hydrogens (tertiary/aromatic N) is 1. The van der Waals surface area contributed by atoms with Gasteiger partial charge in [-0.2, -0.15) is 0 Å². The van der Waals surface area contributed by atoms with Crippen LogP contribution in [-0.2, 0) is 0 Å². The molecular weight excluding hydrogens is 125 g/mol. The predicted molar refractivity (Wildman–Crippen MR) is 41.4 cm³/mol. The molecule has 52 valence electrons. The highest BCUT2D eigenvalue weighted by Gasteiger charge is 2.29. The van der Waals surface area contributed by atoms with E-state index in [0.29, 0.717) is 5.92 Å². The molecule has 0 unspecified atom stereocenters. The summed E-state index contributed by atoms with van der Waals surface area (Å²) < 4.78 is 5.17. The maximum Gasteiger partial charge on any atom is 0.146 e. The number of rotatable bonds is 1. The minimum atomic E-state index is 0.696. The zero-order valence-electron chi connectivity index (χ0n) is 6.35. The van der Waals surface area contributed by atoms with E-state index in [2.05, 4.69) is 13.0 Å². The Morgan fingerprint density at radius 1 is 1.60 bits per heavy atom. The molecule has 0 amide bonds. The topological polar surface area (TPSA) is 26.0 Å². The van der Waals surface area contributed by atoms with Crippen LogP contribution in [0.2, 0.25) is 0 Å². The van der Waals surface area contributed by atoms with Crippen LogP contribution in [0.3, 0.4) is 0 Å². The number of hydrogen-bond acceptors (Lipinski definition) is 2. The standard InChI is InChI=1S/C7H10BNO/c1-4-6(8)7(10-9-4)5-2-3-5/h5H,2-3,8H2,1H3. The fraction of sp³-hybridized carbons (Fsp3) is 0.571. The van der Waals surface area contributed by atoms with Gasteiger partial charge in [0.25, 0.3) is 0 Å². The molecule has 2 nitrogen and oxygen atoms in total. The maximum atomic E-state index is 5.17. The summed E-state index contributed by atoms with van der Waals surface area (Å²) in [5.74, 6) is 1.82. The lowest BCUT2D eigenvalue weighted by molar-refractivity contribution is 0.381. The van der Waals surface area contributed by atoms with Gasteiger partial charge in [0.15, 0.2) is 0 Å². The molecule has 10 heavy (non-hydrogen) atoms. The Labute approximate surface area is 61.0 Å². The Kier molecular flexibility index (Phi) is 1.13. The second kappa shape index (κ2) is 1.88. The van der Waals surface area contributed by atoms with Gasteiger partial charge in [-0.25, -0.2) is 0 Å². The molecule has 1 fully saturated rings. The normalized spacial score (nSPS) is 17.7. The molecule has 0 atom stereocenters. The van der Waals surface area contributed by atoms with Crippen molar-refractivity contribution in [3.8, 4) is 0 Å². The van der Waals surface area contributed by atoms with E-state index in [1.54, 1.807) is 0 Å². The van der Waals surface area contributed by atoms with Gasteiger partial charge in [0.05, 0.1) is 5.69 Å². The second-order valence-electron chi connectivity index (χ2n) is 3.03. The molecule has 2 rings (SSSR count). The highest BCUT2D eigenvalue weighted by atomic mass is 16.5. The van der Waals surface area contributed by atoms with Gasteiger partial charge >= 0.3 is 0 Å². The van der Waals surface area contributed by atoms with Crippen LogP contribution < -0.4 is 5.46 Å². The van der Waals surface area contributed by atoms with E-state index in [1.807, 2.05) is 6.92 Å². The van der Waals surface area contributed by atoms with Crippen molar-refractivity contribution in [2.75, 3.05) is 0 Å². The van der Waals surface area contributed by atoms with Crippen LogP contribution in [0.5, 0.6) is 0 Å². The lowest BCUT2D eigenvalue weighted by Gasteiger charge is -1.88. The van der Waals surface area contributed by atoms with E-state index in [4.69, 9.17) is 4.52 Å². The van der Waals surface area contributed by atoms with Gasteiger partial charge in [-0.3, -0.25) is 0 Å². The minimum absolute atomic E-state index is 0.696. The Hall–Kier alpha value is -0.725. The molecule has 3 heteroatoms.